The van der Waals surface area contributed by atoms with Gasteiger partial charge in [0.05, 0.1) is 0 Å². The Morgan fingerprint density at radius 1 is 0.759 bits per heavy atom. The van der Waals surface area contributed by atoms with Crippen LogP contribution in [0.4, 0.5) is 0 Å². The van der Waals surface area contributed by atoms with E-state index in [9.17, 15) is 24.9 Å². The van der Waals surface area contributed by atoms with Gasteiger partial charge in [0.15, 0.2) is 12.2 Å². The lowest BCUT2D eigenvalue weighted by molar-refractivity contribution is -0.166. The normalized spacial score (nSPS) is 15.8. The minimum Gasteiger partial charge on any atom is -0.479 e. The Bertz CT molecular complexity index is 470. The van der Waals surface area contributed by atoms with E-state index in [1.165, 1.54) is 64.0 Å². The van der Waals surface area contributed by atoms with Crippen LogP contribution in [0.1, 0.15) is 84.0 Å². The molecule has 0 aromatic carbocycles. The molecule has 0 spiro atoms. The summed E-state index contributed by atoms with van der Waals surface area (Å²) in [6.07, 6.45) is 8.89. The van der Waals surface area contributed by atoms with E-state index in [2.05, 4.69) is 12.2 Å². The molecule has 0 aromatic heterocycles. The number of nitrogens with one attached hydrogen (secondary N) is 1. The Labute approximate surface area is 173 Å². The number of carboxylic acids is 1. The van der Waals surface area contributed by atoms with E-state index < -0.39 is 36.3 Å². The van der Waals surface area contributed by atoms with Gasteiger partial charge in [-0.15, -0.1) is 0 Å². The van der Waals surface area contributed by atoms with Crippen LogP contribution < -0.4 is 5.32 Å². The molecule has 0 aliphatic heterocycles. The first-order chi connectivity index (χ1) is 13.8. The molecule has 0 heterocycles. The minimum absolute atomic E-state index is 0.760. The quantitative estimate of drug-likeness (QED) is 0.186. The molecule has 0 aliphatic carbocycles. The third-order valence-electron chi connectivity index (χ3n) is 4.84. The third-order valence-corrected chi connectivity index (χ3v) is 4.84. The van der Waals surface area contributed by atoms with Gasteiger partial charge in [0, 0.05) is 0 Å². The van der Waals surface area contributed by atoms with Crippen LogP contribution in [0.15, 0.2) is 12.3 Å². The van der Waals surface area contributed by atoms with Gasteiger partial charge in [0.1, 0.15) is 12.2 Å². The smallest absolute Gasteiger partial charge is 0.335 e. The Hall–Kier alpha value is -1.48. The average Bonchev–Trinajstić information content (AvgIpc) is 2.71. The van der Waals surface area contributed by atoms with Crippen molar-refractivity contribution in [2.75, 3.05) is 0 Å². The number of aliphatic hydroxyl groups excluding tert-OH is 4. The molecule has 0 rings (SSSR count). The predicted octanol–water partition coefficient (Wildman–Crippen LogP) is 1.85. The molecule has 0 aromatic rings. The van der Waals surface area contributed by atoms with Gasteiger partial charge in [0.2, 0.25) is 0 Å². The number of carbonyl (C=O) groups excluding carboxylic acids is 1. The average molecular weight is 418 g/mol. The van der Waals surface area contributed by atoms with Crippen LogP contribution in [-0.2, 0) is 9.59 Å². The van der Waals surface area contributed by atoms with Crippen molar-refractivity contribution in [3.63, 3.8) is 0 Å². The third kappa shape index (κ3) is 13.4. The van der Waals surface area contributed by atoms with E-state index in [4.69, 9.17) is 10.2 Å². The maximum absolute atomic E-state index is 11.7. The summed E-state index contributed by atoms with van der Waals surface area (Å²) in [6, 6.07) is 0. The molecule has 6 N–H and O–H groups in total. The number of aliphatic carboxylic acids is 1. The zero-order valence-corrected chi connectivity index (χ0v) is 17.5. The number of carboxylic acid groups (broad SMARTS) is 1. The van der Waals surface area contributed by atoms with Crippen LogP contribution in [0.3, 0.4) is 0 Å². The lowest BCUT2D eigenvalue weighted by Gasteiger charge is -2.23. The molecule has 0 saturated carbocycles. The summed E-state index contributed by atoms with van der Waals surface area (Å²) in [7, 11) is 0. The molecule has 8 heteroatoms. The highest BCUT2D eigenvalue weighted by Gasteiger charge is 2.37. The van der Waals surface area contributed by atoms with Gasteiger partial charge in [-0.1, -0.05) is 77.2 Å². The molecule has 8 nitrogen and oxygen atoms in total. The van der Waals surface area contributed by atoms with Gasteiger partial charge in [0.25, 0.3) is 5.91 Å². The number of rotatable bonds is 18. The van der Waals surface area contributed by atoms with Crippen LogP contribution in [-0.4, -0.2) is 61.8 Å². The first-order valence-electron chi connectivity index (χ1n) is 10.7. The van der Waals surface area contributed by atoms with E-state index in [0.717, 1.165) is 19.3 Å². The highest BCUT2D eigenvalue weighted by Crippen LogP contribution is 2.12. The van der Waals surface area contributed by atoms with Crippen LogP contribution in [0.5, 0.6) is 0 Å². The summed E-state index contributed by atoms with van der Waals surface area (Å²) < 4.78 is 0. The first-order valence-corrected chi connectivity index (χ1v) is 10.7. The molecular weight excluding hydrogens is 378 g/mol. The molecule has 0 fully saturated rings. The van der Waals surface area contributed by atoms with Gasteiger partial charge in [-0.25, -0.2) is 4.79 Å². The fourth-order valence-electron chi connectivity index (χ4n) is 2.91. The molecule has 29 heavy (non-hydrogen) atoms. The molecule has 0 saturated heterocycles. The van der Waals surface area contributed by atoms with Gasteiger partial charge in [-0.3, -0.25) is 4.79 Å². The molecule has 0 bridgehead atoms. The van der Waals surface area contributed by atoms with Crippen molar-refractivity contribution in [1.29, 1.82) is 0 Å². The van der Waals surface area contributed by atoms with Crippen molar-refractivity contribution in [3.8, 4) is 0 Å². The number of aliphatic hydroxyl groups is 4. The topological polar surface area (TPSA) is 147 Å². The largest absolute Gasteiger partial charge is 0.479 e. The molecule has 0 radical (unpaired) electrons. The summed E-state index contributed by atoms with van der Waals surface area (Å²) in [5.74, 6) is -2.76. The zero-order chi connectivity index (χ0) is 22.1. The SMILES string of the molecule is CCCCCCCCCCCCCC=CNC(=O)C(O)C(O)C(O)C(O)C(=O)O. The lowest BCUT2D eigenvalue weighted by Crippen LogP contribution is -2.52. The highest BCUT2D eigenvalue weighted by atomic mass is 16.4. The summed E-state index contributed by atoms with van der Waals surface area (Å²) in [6.45, 7) is 2.22. The van der Waals surface area contributed by atoms with Crippen molar-refractivity contribution >= 4 is 11.9 Å². The zero-order valence-electron chi connectivity index (χ0n) is 17.5. The predicted molar refractivity (Wildman–Crippen MR) is 110 cm³/mol. The highest BCUT2D eigenvalue weighted by molar-refractivity contribution is 5.82. The van der Waals surface area contributed by atoms with Crippen molar-refractivity contribution in [1.82, 2.24) is 5.32 Å². The first kappa shape index (κ1) is 27.5. The summed E-state index contributed by atoms with van der Waals surface area (Å²) >= 11 is 0. The van der Waals surface area contributed by atoms with Crippen molar-refractivity contribution in [2.24, 2.45) is 0 Å². The molecule has 170 valence electrons. The van der Waals surface area contributed by atoms with E-state index in [0.29, 0.717) is 0 Å². The Morgan fingerprint density at radius 2 is 1.21 bits per heavy atom. The Balaban J connectivity index is 3.76. The standard InChI is InChI=1S/C21H39NO7/c1-2-3-4-5-6-7-8-9-10-11-12-13-14-15-22-20(27)18(25)16(23)17(24)19(26)21(28)29/h14-19,23-26H,2-13H2,1H3,(H,22,27)(H,28,29). The van der Waals surface area contributed by atoms with Gasteiger partial charge in [-0.05, 0) is 19.0 Å². The second-order valence-electron chi connectivity index (χ2n) is 7.44. The maximum atomic E-state index is 11.7. The van der Waals surface area contributed by atoms with Gasteiger partial charge >= 0.3 is 5.97 Å². The number of hydrogen-bond acceptors (Lipinski definition) is 6. The molecule has 4 atom stereocenters. The Kier molecular flexibility index (Phi) is 16.5. The van der Waals surface area contributed by atoms with Crippen molar-refractivity contribution in [2.45, 2.75) is 108 Å². The van der Waals surface area contributed by atoms with E-state index in [1.807, 2.05) is 0 Å². The monoisotopic (exact) mass is 417 g/mol. The number of carbonyl (C=O) groups is 2. The van der Waals surface area contributed by atoms with Crippen LogP contribution >= 0.6 is 0 Å². The number of allylic oxidation sites excluding steroid dienone is 1. The summed E-state index contributed by atoms with van der Waals surface area (Å²) in [5.41, 5.74) is 0. The fraction of sp³-hybridized carbons (Fsp3) is 0.810. The van der Waals surface area contributed by atoms with E-state index in [1.54, 1.807) is 6.08 Å². The van der Waals surface area contributed by atoms with Crippen LogP contribution in [0.2, 0.25) is 0 Å². The van der Waals surface area contributed by atoms with Crippen LogP contribution in [0, 0.1) is 0 Å². The van der Waals surface area contributed by atoms with E-state index >= 15 is 0 Å². The summed E-state index contributed by atoms with van der Waals surface area (Å²) in [4.78, 5) is 22.2. The number of hydrogen-bond donors (Lipinski definition) is 6. The van der Waals surface area contributed by atoms with Gasteiger partial charge < -0.3 is 30.8 Å². The summed E-state index contributed by atoms with van der Waals surface area (Å²) in [5, 5.41) is 48.6. The van der Waals surface area contributed by atoms with Crippen molar-refractivity contribution in [3.05, 3.63) is 12.3 Å². The second kappa shape index (κ2) is 17.4. The molecule has 4 unspecified atom stereocenters. The number of amides is 1. The second-order valence-corrected chi connectivity index (χ2v) is 7.44. The fourth-order valence-corrected chi connectivity index (χ4v) is 2.91. The maximum Gasteiger partial charge on any atom is 0.335 e. The molecular formula is C21H39NO7. The lowest BCUT2D eigenvalue weighted by atomic mass is 10.0. The van der Waals surface area contributed by atoms with Crippen molar-refractivity contribution < 1.29 is 35.1 Å². The van der Waals surface area contributed by atoms with Gasteiger partial charge in [-0.2, -0.15) is 0 Å². The van der Waals surface area contributed by atoms with E-state index in [-0.39, 0.29) is 0 Å². The molecule has 1 amide bonds. The Morgan fingerprint density at radius 3 is 1.69 bits per heavy atom. The minimum atomic E-state index is -2.30. The van der Waals surface area contributed by atoms with Crippen LogP contribution in [0.25, 0.3) is 0 Å². The molecule has 0 aliphatic rings. The number of unbranched alkanes of at least 4 members (excludes halogenated alkanes) is 11.